The van der Waals surface area contributed by atoms with E-state index in [4.69, 9.17) is 14.2 Å². The van der Waals surface area contributed by atoms with Gasteiger partial charge in [-0.05, 0) is 70.1 Å². The number of hydrogen-bond acceptors (Lipinski definition) is 6. The van der Waals surface area contributed by atoms with Crippen molar-refractivity contribution >= 4 is 44.6 Å². The van der Waals surface area contributed by atoms with Gasteiger partial charge in [0.05, 0.1) is 6.61 Å². The summed E-state index contributed by atoms with van der Waals surface area (Å²) in [6.45, 7) is 2.16. The van der Waals surface area contributed by atoms with E-state index in [0.717, 1.165) is 20.5 Å². The Kier molecular flexibility index (Phi) is 5.06. The zero-order chi connectivity index (χ0) is 19.0. The fourth-order valence-corrected chi connectivity index (χ4v) is 5.18. The van der Waals surface area contributed by atoms with Gasteiger partial charge in [0, 0.05) is 15.3 Å². The van der Waals surface area contributed by atoms with Gasteiger partial charge in [0.2, 0.25) is 6.79 Å². The minimum absolute atomic E-state index is 0.178. The molecule has 1 aliphatic heterocycles. The van der Waals surface area contributed by atoms with E-state index in [1.165, 1.54) is 0 Å². The molecule has 0 amide bonds. The van der Waals surface area contributed by atoms with E-state index in [-0.39, 0.29) is 25.1 Å². The van der Waals surface area contributed by atoms with Crippen molar-refractivity contribution in [3.63, 3.8) is 0 Å². The molecule has 0 radical (unpaired) electrons. The molecule has 7 heteroatoms. The van der Waals surface area contributed by atoms with Gasteiger partial charge in [0.25, 0.3) is 0 Å². The van der Waals surface area contributed by atoms with Crippen LogP contribution < -0.4 is 9.47 Å². The topological polar surface area (TPSA) is 61.8 Å². The third-order valence-electron chi connectivity index (χ3n) is 4.74. The van der Waals surface area contributed by atoms with Crippen molar-refractivity contribution < 1.29 is 23.8 Å². The number of thiophene rings is 1. The minimum atomic E-state index is -0.854. The van der Waals surface area contributed by atoms with Crippen LogP contribution in [0.3, 0.4) is 0 Å². The largest absolute Gasteiger partial charge is 0.465 e. The summed E-state index contributed by atoms with van der Waals surface area (Å²) >= 11 is 5.10. The molecule has 1 aliphatic carbocycles. The van der Waals surface area contributed by atoms with Crippen LogP contribution in [0.15, 0.2) is 40.2 Å². The Hall–Kier alpha value is -2.12. The quantitative estimate of drug-likeness (QED) is 0.506. The standard InChI is InChI=1S/C20H17BrO5S/c1-2-24-20(23)18-13(11-3-4-16-17(9-11)26-10-25-16)7-12(8-15(18)22)19-14(21)5-6-27-19/h3-6,8-9,13,18H,2,7,10H2,1H3. The van der Waals surface area contributed by atoms with Gasteiger partial charge in [-0.2, -0.15) is 0 Å². The van der Waals surface area contributed by atoms with Crippen LogP contribution in [0.25, 0.3) is 5.57 Å². The van der Waals surface area contributed by atoms with Crippen LogP contribution in [0, 0.1) is 5.92 Å². The Morgan fingerprint density at radius 3 is 2.85 bits per heavy atom. The second-order valence-corrected chi connectivity index (χ2v) is 8.09. The maximum Gasteiger partial charge on any atom is 0.317 e. The van der Waals surface area contributed by atoms with Crippen LogP contribution in [-0.2, 0) is 14.3 Å². The number of carbonyl (C=O) groups is 2. The van der Waals surface area contributed by atoms with Gasteiger partial charge in [-0.25, -0.2) is 0 Å². The predicted octanol–water partition coefficient (Wildman–Crippen LogP) is 4.56. The molecule has 0 saturated carbocycles. The van der Waals surface area contributed by atoms with Crippen LogP contribution in [0.2, 0.25) is 0 Å². The fourth-order valence-electron chi connectivity index (χ4n) is 3.52. The maximum atomic E-state index is 12.9. The Labute approximate surface area is 169 Å². The molecule has 2 atom stereocenters. The summed E-state index contributed by atoms with van der Waals surface area (Å²) < 4.78 is 17.0. The molecular weight excluding hydrogens is 432 g/mol. The molecule has 4 rings (SSSR count). The summed E-state index contributed by atoms with van der Waals surface area (Å²) in [5.41, 5.74) is 1.79. The monoisotopic (exact) mass is 448 g/mol. The van der Waals surface area contributed by atoms with E-state index >= 15 is 0 Å². The first-order valence-electron chi connectivity index (χ1n) is 8.62. The van der Waals surface area contributed by atoms with Crippen LogP contribution in [0.4, 0.5) is 0 Å². The molecule has 140 valence electrons. The molecule has 0 N–H and O–H groups in total. The summed E-state index contributed by atoms with van der Waals surface area (Å²) in [6.07, 6.45) is 2.15. The summed E-state index contributed by atoms with van der Waals surface area (Å²) in [6, 6.07) is 7.53. The van der Waals surface area contributed by atoms with Crippen LogP contribution in [0.5, 0.6) is 11.5 Å². The first-order valence-corrected chi connectivity index (χ1v) is 10.3. The van der Waals surface area contributed by atoms with E-state index in [1.54, 1.807) is 24.3 Å². The van der Waals surface area contributed by atoms with Crippen LogP contribution in [-0.4, -0.2) is 25.2 Å². The first-order chi connectivity index (χ1) is 13.1. The van der Waals surface area contributed by atoms with Gasteiger partial charge in [0.1, 0.15) is 5.92 Å². The van der Waals surface area contributed by atoms with Crippen molar-refractivity contribution in [1.29, 1.82) is 0 Å². The molecule has 5 nitrogen and oxygen atoms in total. The predicted molar refractivity (Wildman–Crippen MR) is 105 cm³/mol. The van der Waals surface area contributed by atoms with Gasteiger partial charge >= 0.3 is 5.97 Å². The molecule has 1 aromatic carbocycles. The number of hydrogen-bond donors (Lipinski definition) is 0. The Morgan fingerprint density at radius 2 is 2.11 bits per heavy atom. The zero-order valence-corrected chi connectivity index (χ0v) is 17.0. The van der Waals surface area contributed by atoms with Crippen molar-refractivity contribution in [3.05, 3.63) is 50.6 Å². The summed E-state index contributed by atoms with van der Waals surface area (Å²) in [7, 11) is 0. The van der Waals surface area contributed by atoms with E-state index < -0.39 is 11.9 Å². The minimum Gasteiger partial charge on any atom is -0.465 e. The van der Waals surface area contributed by atoms with Gasteiger partial charge in [-0.15, -0.1) is 11.3 Å². The normalized spacial score (nSPS) is 21.1. The Bertz CT molecular complexity index is 932. The van der Waals surface area contributed by atoms with Crippen molar-refractivity contribution in [1.82, 2.24) is 0 Å². The lowest BCUT2D eigenvalue weighted by Crippen LogP contribution is -2.33. The highest BCUT2D eigenvalue weighted by molar-refractivity contribution is 9.10. The third kappa shape index (κ3) is 3.41. The number of halogens is 1. The lowest BCUT2D eigenvalue weighted by atomic mass is 9.74. The molecular formula is C20H17BrO5S. The number of carbonyl (C=O) groups excluding carboxylic acids is 2. The number of benzene rings is 1. The molecule has 0 fully saturated rings. The zero-order valence-electron chi connectivity index (χ0n) is 14.6. The van der Waals surface area contributed by atoms with Gasteiger partial charge in [-0.1, -0.05) is 6.07 Å². The third-order valence-corrected chi connectivity index (χ3v) is 6.65. The Balaban J connectivity index is 1.75. The van der Waals surface area contributed by atoms with Crippen molar-refractivity contribution in [2.75, 3.05) is 13.4 Å². The smallest absolute Gasteiger partial charge is 0.317 e. The van der Waals surface area contributed by atoms with E-state index in [0.29, 0.717) is 17.9 Å². The lowest BCUT2D eigenvalue weighted by Gasteiger charge is -2.29. The van der Waals surface area contributed by atoms with Gasteiger partial charge < -0.3 is 14.2 Å². The number of rotatable bonds is 4. The molecule has 27 heavy (non-hydrogen) atoms. The highest BCUT2D eigenvalue weighted by Gasteiger charge is 2.40. The highest BCUT2D eigenvalue weighted by atomic mass is 79.9. The van der Waals surface area contributed by atoms with Crippen molar-refractivity contribution in [3.8, 4) is 11.5 Å². The van der Waals surface area contributed by atoms with Crippen molar-refractivity contribution in [2.45, 2.75) is 19.3 Å². The number of fused-ring (bicyclic) bond motifs is 1. The SMILES string of the molecule is CCOC(=O)C1C(=O)C=C(c2sccc2Br)CC1c1ccc2c(c1)OCO2. The summed E-state index contributed by atoms with van der Waals surface area (Å²) in [5, 5.41) is 1.97. The number of ketones is 1. The maximum absolute atomic E-state index is 12.9. The van der Waals surface area contributed by atoms with Gasteiger partial charge in [0.15, 0.2) is 17.3 Å². The highest BCUT2D eigenvalue weighted by Crippen LogP contribution is 2.45. The molecule has 1 aromatic heterocycles. The first kappa shape index (κ1) is 18.3. The fraction of sp³-hybridized carbons (Fsp3) is 0.300. The van der Waals surface area contributed by atoms with Gasteiger partial charge in [-0.3, -0.25) is 9.59 Å². The average Bonchev–Trinajstić information content (AvgIpc) is 3.29. The molecule has 0 saturated heterocycles. The summed E-state index contributed by atoms with van der Waals surface area (Å²) in [4.78, 5) is 26.5. The van der Waals surface area contributed by atoms with E-state index in [1.807, 2.05) is 29.6 Å². The average molecular weight is 449 g/mol. The Morgan fingerprint density at radius 1 is 1.30 bits per heavy atom. The van der Waals surface area contributed by atoms with E-state index in [9.17, 15) is 9.59 Å². The molecule has 0 spiro atoms. The number of allylic oxidation sites excluding steroid dienone is 2. The number of ether oxygens (including phenoxy) is 3. The second-order valence-electron chi connectivity index (χ2n) is 6.32. The summed E-state index contributed by atoms with van der Waals surface area (Å²) in [5.74, 6) is -0.572. The van der Waals surface area contributed by atoms with Crippen molar-refractivity contribution in [2.24, 2.45) is 5.92 Å². The molecule has 2 aliphatic rings. The van der Waals surface area contributed by atoms with E-state index in [2.05, 4.69) is 15.9 Å². The molecule has 0 bridgehead atoms. The lowest BCUT2D eigenvalue weighted by molar-refractivity contribution is -0.151. The molecule has 2 unspecified atom stereocenters. The van der Waals surface area contributed by atoms with Crippen LogP contribution in [0.1, 0.15) is 29.7 Å². The molecule has 2 heterocycles. The number of esters is 1. The molecule has 2 aromatic rings. The van der Waals surface area contributed by atoms with Crippen LogP contribution >= 0.6 is 27.3 Å². The second kappa shape index (κ2) is 7.48.